The van der Waals surface area contributed by atoms with E-state index < -0.39 is 0 Å². The van der Waals surface area contributed by atoms with E-state index in [1.165, 1.54) is 11.3 Å². The number of halogens is 1. The number of aromatic nitrogens is 1. The minimum atomic E-state index is 0.283. The molecular formula is C9H10ClN3S. The van der Waals surface area contributed by atoms with E-state index in [9.17, 15) is 0 Å². The van der Waals surface area contributed by atoms with Crippen molar-refractivity contribution in [2.24, 2.45) is 0 Å². The van der Waals surface area contributed by atoms with Gasteiger partial charge >= 0.3 is 0 Å². The van der Waals surface area contributed by atoms with Crippen molar-refractivity contribution in [2.75, 3.05) is 11.9 Å². The van der Waals surface area contributed by atoms with Crippen LogP contribution in [-0.4, -0.2) is 11.5 Å². The summed E-state index contributed by atoms with van der Waals surface area (Å²) in [5, 5.41) is 12.7. The first-order valence-corrected chi connectivity index (χ1v) is 5.38. The number of anilines is 1. The van der Waals surface area contributed by atoms with E-state index in [1.54, 1.807) is 0 Å². The molecule has 0 radical (unpaired) electrons. The molecular weight excluding hydrogens is 218 g/mol. The van der Waals surface area contributed by atoms with E-state index in [4.69, 9.17) is 16.9 Å². The summed E-state index contributed by atoms with van der Waals surface area (Å²) in [4.78, 5) is 4.46. The minimum absolute atomic E-state index is 0.283. The maximum Gasteiger partial charge on any atom is 0.185 e. The summed E-state index contributed by atoms with van der Waals surface area (Å²) in [5.74, 6) is 0. The third-order valence-electron chi connectivity index (χ3n) is 1.51. The lowest BCUT2D eigenvalue weighted by atomic mass is 10.4. The summed E-state index contributed by atoms with van der Waals surface area (Å²) >= 11 is 6.99. The van der Waals surface area contributed by atoms with Crippen LogP contribution in [0.1, 0.15) is 18.2 Å². The van der Waals surface area contributed by atoms with Gasteiger partial charge in [-0.3, -0.25) is 0 Å². The van der Waals surface area contributed by atoms with E-state index in [2.05, 4.69) is 16.4 Å². The van der Waals surface area contributed by atoms with Crippen LogP contribution in [0.3, 0.4) is 0 Å². The Labute approximate surface area is 92.0 Å². The van der Waals surface area contributed by atoms with Crippen LogP contribution in [0.15, 0.2) is 12.2 Å². The summed E-state index contributed by atoms with van der Waals surface area (Å²) in [6.45, 7) is 2.78. The second-order valence-electron chi connectivity index (χ2n) is 2.54. The zero-order valence-corrected chi connectivity index (χ0v) is 9.32. The van der Waals surface area contributed by atoms with Crippen molar-refractivity contribution in [1.82, 2.24) is 4.98 Å². The number of thiazole rings is 1. The Bertz CT molecular complexity index is 365. The zero-order valence-electron chi connectivity index (χ0n) is 7.75. The molecule has 74 valence electrons. The molecule has 0 aliphatic carbocycles. The van der Waals surface area contributed by atoms with Crippen LogP contribution >= 0.6 is 22.9 Å². The average molecular weight is 228 g/mol. The normalized spacial score (nSPS) is 10.4. The van der Waals surface area contributed by atoms with Gasteiger partial charge in [0.05, 0.1) is 0 Å². The molecule has 1 aromatic rings. The van der Waals surface area contributed by atoms with Crippen molar-refractivity contribution in [3.8, 4) is 6.07 Å². The van der Waals surface area contributed by atoms with Gasteiger partial charge in [-0.1, -0.05) is 35.1 Å². The third-order valence-corrected chi connectivity index (χ3v) is 2.81. The molecule has 0 aromatic carbocycles. The Morgan fingerprint density at radius 2 is 2.50 bits per heavy atom. The Morgan fingerprint density at radius 3 is 3.07 bits per heavy atom. The van der Waals surface area contributed by atoms with Crippen molar-refractivity contribution in [3.63, 3.8) is 0 Å². The zero-order chi connectivity index (χ0) is 10.4. The van der Waals surface area contributed by atoms with E-state index in [0.29, 0.717) is 10.0 Å². The Balaban J connectivity index is 2.48. The van der Waals surface area contributed by atoms with E-state index in [0.717, 1.165) is 13.0 Å². The van der Waals surface area contributed by atoms with Crippen LogP contribution in [-0.2, 0) is 0 Å². The quantitative estimate of drug-likeness (QED) is 0.635. The fourth-order valence-corrected chi connectivity index (χ4v) is 1.85. The van der Waals surface area contributed by atoms with Crippen molar-refractivity contribution in [3.05, 3.63) is 22.2 Å². The predicted octanol–water partition coefficient (Wildman–Crippen LogP) is 3.05. The third kappa shape index (κ3) is 3.02. The molecule has 0 spiro atoms. The molecule has 1 aromatic heterocycles. The average Bonchev–Trinajstić information content (AvgIpc) is 2.54. The van der Waals surface area contributed by atoms with Gasteiger partial charge in [0.2, 0.25) is 0 Å². The molecule has 1 N–H and O–H groups in total. The fourth-order valence-electron chi connectivity index (χ4n) is 0.875. The van der Waals surface area contributed by atoms with Gasteiger partial charge < -0.3 is 5.32 Å². The summed E-state index contributed by atoms with van der Waals surface area (Å²) in [7, 11) is 0. The smallest absolute Gasteiger partial charge is 0.185 e. The first-order valence-electron chi connectivity index (χ1n) is 4.19. The van der Waals surface area contributed by atoms with Gasteiger partial charge in [-0.05, 0) is 13.3 Å². The number of nitrogens with zero attached hydrogens (tertiary/aromatic N) is 2. The molecule has 0 aliphatic rings. The number of allylic oxidation sites excluding steroid dienone is 1. The van der Waals surface area contributed by atoms with Crippen LogP contribution in [0.4, 0.5) is 5.13 Å². The predicted molar refractivity (Wildman–Crippen MR) is 59.8 cm³/mol. The molecule has 0 unspecified atom stereocenters. The molecule has 0 fully saturated rings. The molecule has 0 saturated carbocycles. The Hall–Kier alpha value is -1.05. The van der Waals surface area contributed by atoms with Crippen molar-refractivity contribution >= 4 is 28.1 Å². The fraction of sp³-hybridized carbons (Fsp3) is 0.333. The number of nitriles is 1. The lowest BCUT2D eigenvalue weighted by molar-refractivity contribution is 1.06. The lowest BCUT2D eigenvalue weighted by Crippen LogP contribution is -1.98. The molecule has 0 saturated heterocycles. The standard InChI is InChI=1S/C9H10ClN3S/c1-2-3-4-5-12-9-13-8(10)7(6-11)14-9/h2-3H,4-5H2,1H3,(H,12,13)/b3-2+. The van der Waals surface area contributed by atoms with Crippen molar-refractivity contribution in [1.29, 1.82) is 5.26 Å². The van der Waals surface area contributed by atoms with Gasteiger partial charge in [0, 0.05) is 6.54 Å². The number of rotatable bonds is 4. The summed E-state index contributed by atoms with van der Waals surface area (Å²) in [6.07, 6.45) is 5.00. The number of nitrogens with one attached hydrogen (secondary N) is 1. The molecule has 14 heavy (non-hydrogen) atoms. The molecule has 1 heterocycles. The van der Waals surface area contributed by atoms with Crippen LogP contribution in [0.25, 0.3) is 0 Å². The first-order chi connectivity index (χ1) is 6.77. The van der Waals surface area contributed by atoms with Crippen LogP contribution in [0.5, 0.6) is 0 Å². The maximum atomic E-state index is 8.64. The van der Waals surface area contributed by atoms with E-state index in [1.807, 2.05) is 19.1 Å². The summed E-state index contributed by atoms with van der Waals surface area (Å²) in [5.41, 5.74) is 0. The van der Waals surface area contributed by atoms with Crippen LogP contribution in [0, 0.1) is 11.3 Å². The second-order valence-corrected chi connectivity index (χ2v) is 3.89. The van der Waals surface area contributed by atoms with Gasteiger partial charge in [-0.2, -0.15) is 5.26 Å². The first kappa shape index (κ1) is 11.0. The van der Waals surface area contributed by atoms with Gasteiger partial charge in [-0.25, -0.2) is 4.98 Å². The summed E-state index contributed by atoms with van der Waals surface area (Å²) < 4.78 is 0. The van der Waals surface area contributed by atoms with E-state index >= 15 is 0 Å². The largest absolute Gasteiger partial charge is 0.361 e. The highest BCUT2D eigenvalue weighted by Crippen LogP contribution is 2.25. The van der Waals surface area contributed by atoms with Gasteiger partial charge in [-0.15, -0.1) is 0 Å². The SMILES string of the molecule is C/C=C/CCNc1nc(Cl)c(C#N)s1. The molecule has 0 bridgehead atoms. The number of hydrogen-bond donors (Lipinski definition) is 1. The molecule has 0 aliphatic heterocycles. The maximum absolute atomic E-state index is 8.64. The molecule has 3 nitrogen and oxygen atoms in total. The monoisotopic (exact) mass is 227 g/mol. The number of hydrogen-bond acceptors (Lipinski definition) is 4. The minimum Gasteiger partial charge on any atom is -0.361 e. The molecule has 0 amide bonds. The Morgan fingerprint density at radius 1 is 1.71 bits per heavy atom. The van der Waals surface area contributed by atoms with Gasteiger partial charge in [0.25, 0.3) is 0 Å². The van der Waals surface area contributed by atoms with Crippen LogP contribution < -0.4 is 5.32 Å². The molecule has 0 atom stereocenters. The highest BCUT2D eigenvalue weighted by molar-refractivity contribution is 7.16. The van der Waals surface area contributed by atoms with Crippen molar-refractivity contribution < 1.29 is 0 Å². The topological polar surface area (TPSA) is 48.7 Å². The molecule has 1 rings (SSSR count). The highest BCUT2D eigenvalue weighted by atomic mass is 35.5. The van der Waals surface area contributed by atoms with Gasteiger partial charge in [0.15, 0.2) is 10.3 Å². The van der Waals surface area contributed by atoms with Crippen LogP contribution in [0.2, 0.25) is 5.15 Å². The highest BCUT2D eigenvalue weighted by Gasteiger charge is 2.06. The van der Waals surface area contributed by atoms with Crippen molar-refractivity contribution in [2.45, 2.75) is 13.3 Å². The van der Waals surface area contributed by atoms with Gasteiger partial charge in [0.1, 0.15) is 10.9 Å². The molecule has 5 heteroatoms. The Kier molecular flexibility index (Phi) is 4.44. The van der Waals surface area contributed by atoms with E-state index in [-0.39, 0.29) is 5.15 Å². The lowest BCUT2D eigenvalue weighted by Gasteiger charge is -1.97. The summed E-state index contributed by atoms with van der Waals surface area (Å²) in [6, 6.07) is 1.99. The second kappa shape index (κ2) is 5.63.